The zero-order valence-corrected chi connectivity index (χ0v) is 14.5. The number of carboxylic acids is 1. The van der Waals surface area contributed by atoms with E-state index < -0.39 is 5.97 Å². The van der Waals surface area contributed by atoms with Gasteiger partial charge in [-0.15, -0.1) is 0 Å². The lowest BCUT2D eigenvalue weighted by Crippen LogP contribution is -2.57. The monoisotopic (exact) mass is 327 g/mol. The van der Waals surface area contributed by atoms with E-state index in [2.05, 4.69) is 35.2 Å². The Bertz CT molecular complexity index is 573. The topological polar surface area (TPSA) is 40.5 Å². The number of carboxylic acid groups (broad SMARTS) is 1. The van der Waals surface area contributed by atoms with Gasteiger partial charge in [-0.1, -0.05) is 30.3 Å². The summed E-state index contributed by atoms with van der Waals surface area (Å²) in [6.45, 7) is 2.22. The van der Waals surface area contributed by atoms with E-state index >= 15 is 0 Å². The van der Waals surface area contributed by atoms with Crippen LogP contribution in [-0.4, -0.2) is 34.6 Å². The van der Waals surface area contributed by atoms with Crippen molar-refractivity contribution in [1.82, 2.24) is 4.90 Å². The highest BCUT2D eigenvalue weighted by Crippen LogP contribution is 2.52. The van der Waals surface area contributed by atoms with Crippen LogP contribution in [0.3, 0.4) is 0 Å². The van der Waals surface area contributed by atoms with Crippen molar-refractivity contribution in [2.24, 2.45) is 11.8 Å². The quantitative estimate of drug-likeness (QED) is 0.847. The first-order valence-electron chi connectivity index (χ1n) is 9.68. The molecule has 3 fully saturated rings. The first kappa shape index (κ1) is 16.1. The van der Waals surface area contributed by atoms with Crippen molar-refractivity contribution < 1.29 is 9.90 Å². The number of hydrogen-bond acceptors (Lipinski definition) is 2. The van der Waals surface area contributed by atoms with Gasteiger partial charge in [0.1, 0.15) is 0 Å². The van der Waals surface area contributed by atoms with Crippen molar-refractivity contribution in [2.45, 2.75) is 62.8 Å². The molecule has 1 heterocycles. The molecule has 2 aliphatic carbocycles. The highest BCUT2D eigenvalue weighted by molar-refractivity contribution is 5.68. The number of rotatable bonds is 6. The van der Waals surface area contributed by atoms with Gasteiger partial charge in [-0.3, -0.25) is 9.69 Å². The summed E-state index contributed by atoms with van der Waals surface area (Å²) in [5, 5.41) is 9.23. The van der Waals surface area contributed by atoms with E-state index in [-0.39, 0.29) is 5.54 Å². The molecule has 3 nitrogen and oxygen atoms in total. The maximum absolute atomic E-state index is 11.2. The van der Waals surface area contributed by atoms with E-state index in [9.17, 15) is 9.90 Å². The minimum Gasteiger partial charge on any atom is -0.481 e. The van der Waals surface area contributed by atoms with Crippen molar-refractivity contribution in [1.29, 1.82) is 0 Å². The van der Waals surface area contributed by atoms with Crippen LogP contribution in [0.5, 0.6) is 0 Å². The van der Waals surface area contributed by atoms with Crippen molar-refractivity contribution in [2.75, 3.05) is 13.1 Å². The third-order valence-electron chi connectivity index (χ3n) is 6.84. The van der Waals surface area contributed by atoms with Crippen molar-refractivity contribution >= 4 is 5.97 Å². The Labute approximate surface area is 145 Å². The number of carbonyl (C=O) groups is 1. The summed E-state index contributed by atoms with van der Waals surface area (Å²) in [4.78, 5) is 13.7. The largest absolute Gasteiger partial charge is 0.481 e. The third kappa shape index (κ3) is 3.23. The summed E-state index contributed by atoms with van der Waals surface area (Å²) >= 11 is 0. The second-order valence-electron chi connectivity index (χ2n) is 8.33. The predicted octanol–water partition coefficient (Wildman–Crippen LogP) is 4.29. The summed E-state index contributed by atoms with van der Waals surface area (Å²) in [6, 6.07) is 11.0. The SMILES string of the molecule is O=C(O)CC1(N2CCC(C[C@@H]3CC3c3ccccc3)CC2)CCC1. The van der Waals surface area contributed by atoms with E-state index in [0.717, 1.165) is 43.7 Å². The van der Waals surface area contributed by atoms with Crippen LogP contribution < -0.4 is 0 Å². The zero-order chi connectivity index (χ0) is 16.6. The molecular formula is C21H29NO2. The fraction of sp³-hybridized carbons (Fsp3) is 0.667. The maximum atomic E-state index is 11.2. The summed E-state index contributed by atoms with van der Waals surface area (Å²) in [6.07, 6.45) is 8.99. The number of benzene rings is 1. The Morgan fingerprint density at radius 2 is 1.88 bits per heavy atom. The lowest BCUT2D eigenvalue weighted by atomic mass is 9.71. The molecule has 1 N–H and O–H groups in total. The fourth-order valence-corrected chi connectivity index (χ4v) is 5.16. The van der Waals surface area contributed by atoms with Gasteiger partial charge in [0.15, 0.2) is 0 Å². The Morgan fingerprint density at radius 1 is 1.17 bits per heavy atom. The molecule has 1 saturated heterocycles. The molecule has 0 aromatic heterocycles. The van der Waals surface area contributed by atoms with Gasteiger partial charge in [-0.2, -0.15) is 0 Å². The Morgan fingerprint density at radius 3 is 2.46 bits per heavy atom. The van der Waals surface area contributed by atoms with Gasteiger partial charge in [0.2, 0.25) is 0 Å². The Kier molecular flexibility index (Phi) is 4.38. The van der Waals surface area contributed by atoms with Gasteiger partial charge >= 0.3 is 5.97 Å². The molecule has 2 saturated carbocycles. The third-order valence-corrected chi connectivity index (χ3v) is 6.84. The predicted molar refractivity (Wildman–Crippen MR) is 95.0 cm³/mol. The molecule has 24 heavy (non-hydrogen) atoms. The highest BCUT2D eigenvalue weighted by Gasteiger charge is 2.46. The first-order valence-corrected chi connectivity index (χ1v) is 9.68. The lowest BCUT2D eigenvalue weighted by molar-refractivity contribution is -0.143. The Balaban J connectivity index is 1.26. The van der Waals surface area contributed by atoms with Crippen LogP contribution in [0.25, 0.3) is 0 Å². The first-order chi connectivity index (χ1) is 11.7. The van der Waals surface area contributed by atoms with Crippen molar-refractivity contribution in [3.63, 3.8) is 0 Å². The summed E-state index contributed by atoms with van der Waals surface area (Å²) < 4.78 is 0. The van der Waals surface area contributed by atoms with Gasteiger partial charge in [-0.05, 0) is 81.4 Å². The molecule has 130 valence electrons. The second kappa shape index (κ2) is 6.51. The van der Waals surface area contributed by atoms with Crippen LogP contribution in [-0.2, 0) is 4.79 Å². The van der Waals surface area contributed by atoms with Crippen molar-refractivity contribution in [3.05, 3.63) is 35.9 Å². The van der Waals surface area contributed by atoms with Crippen LogP contribution in [0.4, 0.5) is 0 Å². The van der Waals surface area contributed by atoms with Crippen LogP contribution in [0.1, 0.15) is 62.8 Å². The summed E-state index contributed by atoms with van der Waals surface area (Å²) in [5.41, 5.74) is 1.53. The Hall–Kier alpha value is -1.35. The molecule has 1 aromatic rings. The molecule has 0 amide bonds. The standard InChI is InChI=1S/C21H29NO2/c23-20(24)15-21(9-4-10-21)22-11-7-16(8-12-22)13-18-14-19(18)17-5-2-1-3-6-17/h1-3,5-6,16,18-19H,4,7-15H2,(H,23,24)/t18-,19?/m1/s1. The minimum atomic E-state index is -0.625. The molecule has 1 aromatic carbocycles. The van der Waals surface area contributed by atoms with Crippen molar-refractivity contribution in [3.8, 4) is 0 Å². The lowest BCUT2D eigenvalue weighted by Gasteiger charge is -2.52. The minimum absolute atomic E-state index is 0.00293. The van der Waals surface area contributed by atoms with Crippen LogP contribution in [0.2, 0.25) is 0 Å². The van der Waals surface area contributed by atoms with Gasteiger partial charge < -0.3 is 5.11 Å². The average Bonchev–Trinajstić information content (AvgIpc) is 3.32. The van der Waals surface area contributed by atoms with E-state index in [1.165, 1.54) is 37.7 Å². The van der Waals surface area contributed by atoms with Gasteiger partial charge in [0, 0.05) is 5.54 Å². The summed E-state index contributed by atoms with van der Waals surface area (Å²) in [5.74, 6) is 1.91. The van der Waals surface area contributed by atoms with E-state index in [1.54, 1.807) is 0 Å². The summed E-state index contributed by atoms with van der Waals surface area (Å²) in [7, 11) is 0. The molecular weight excluding hydrogens is 298 g/mol. The van der Waals surface area contributed by atoms with Gasteiger partial charge in [-0.25, -0.2) is 0 Å². The molecule has 1 unspecified atom stereocenters. The number of hydrogen-bond donors (Lipinski definition) is 1. The molecule has 0 spiro atoms. The normalized spacial score (nSPS) is 29.8. The maximum Gasteiger partial charge on any atom is 0.305 e. The van der Waals surface area contributed by atoms with E-state index in [4.69, 9.17) is 0 Å². The number of aliphatic carboxylic acids is 1. The molecule has 1 aliphatic heterocycles. The van der Waals surface area contributed by atoms with Crippen LogP contribution in [0, 0.1) is 11.8 Å². The fourth-order valence-electron chi connectivity index (χ4n) is 5.16. The highest BCUT2D eigenvalue weighted by atomic mass is 16.4. The molecule has 3 aliphatic rings. The van der Waals surface area contributed by atoms with E-state index in [1.807, 2.05) is 0 Å². The number of likely N-dealkylation sites (tertiary alicyclic amines) is 1. The molecule has 4 rings (SSSR count). The molecule has 0 bridgehead atoms. The average molecular weight is 327 g/mol. The zero-order valence-electron chi connectivity index (χ0n) is 14.5. The van der Waals surface area contributed by atoms with Gasteiger partial charge in [0.05, 0.1) is 6.42 Å². The van der Waals surface area contributed by atoms with Crippen LogP contribution >= 0.6 is 0 Å². The molecule has 2 atom stereocenters. The van der Waals surface area contributed by atoms with Gasteiger partial charge in [0.25, 0.3) is 0 Å². The van der Waals surface area contributed by atoms with Crippen LogP contribution in [0.15, 0.2) is 30.3 Å². The van der Waals surface area contributed by atoms with E-state index in [0.29, 0.717) is 6.42 Å². The molecule has 3 heteroatoms. The molecule has 0 radical (unpaired) electrons. The number of piperidine rings is 1. The second-order valence-corrected chi connectivity index (χ2v) is 8.33. The number of nitrogens with zero attached hydrogens (tertiary/aromatic N) is 1. The smallest absolute Gasteiger partial charge is 0.305 e.